The lowest BCUT2D eigenvalue weighted by atomic mass is 10.3. The van der Waals surface area contributed by atoms with E-state index in [2.05, 4.69) is 34.7 Å². The van der Waals surface area contributed by atoms with Crippen molar-refractivity contribution in [2.45, 2.75) is 13.0 Å². The Morgan fingerprint density at radius 2 is 2.50 bits per heavy atom. The van der Waals surface area contributed by atoms with Crippen molar-refractivity contribution in [2.75, 3.05) is 13.6 Å². The summed E-state index contributed by atoms with van der Waals surface area (Å²) in [6, 6.07) is 2.15. The first-order chi connectivity index (χ1) is 5.83. The van der Waals surface area contributed by atoms with Gasteiger partial charge in [-0.05, 0) is 29.4 Å². The quantitative estimate of drug-likeness (QED) is 0.640. The molecule has 0 saturated heterocycles. The Kier molecular flexibility index (Phi) is 3.86. The zero-order valence-electron chi connectivity index (χ0n) is 7.29. The van der Waals surface area contributed by atoms with Crippen LogP contribution in [0.2, 0.25) is 0 Å². The van der Waals surface area contributed by atoms with E-state index in [9.17, 15) is 0 Å². The van der Waals surface area contributed by atoms with Crippen LogP contribution in [0, 0.1) is 12.3 Å². The standard InChI is InChI=1S/C10H13NS/c1-3-4-6-11(2)8-10-5-7-12-9-10/h1,5,7,9H,4,6,8H2,2H3. The van der Waals surface area contributed by atoms with Gasteiger partial charge in [0.15, 0.2) is 0 Å². The molecule has 1 aromatic rings. The fourth-order valence-electron chi connectivity index (χ4n) is 1.03. The maximum absolute atomic E-state index is 5.18. The van der Waals surface area contributed by atoms with Crippen LogP contribution < -0.4 is 0 Å². The molecular weight excluding hydrogens is 166 g/mol. The predicted octanol–water partition coefficient (Wildman–Crippen LogP) is 2.20. The lowest BCUT2D eigenvalue weighted by Gasteiger charge is -2.13. The van der Waals surface area contributed by atoms with Crippen molar-refractivity contribution < 1.29 is 0 Å². The molecule has 0 radical (unpaired) electrons. The number of hydrogen-bond donors (Lipinski definition) is 0. The van der Waals surface area contributed by atoms with Gasteiger partial charge in [0.05, 0.1) is 0 Å². The van der Waals surface area contributed by atoms with E-state index in [4.69, 9.17) is 6.42 Å². The summed E-state index contributed by atoms with van der Waals surface area (Å²) in [5, 5.41) is 4.27. The Morgan fingerprint density at radius 3 is 3.08 bits per heavy atom. The van der Waals surface area contributed by atoms with E-state index in [0.717, 1.165) is 19.5 Å². The third kappa shape index (κ3) is 3.08. The SMILES string of the molecule is C#CCCN(C)Cc1ccsc1. The highest BCUT2D eigenvalue weighted by atomic mass is 32.1. The summed E-state index contributed by atoms with van der Waals surface area (Å²) >= 11 is 1.74. The van der Waals surface area contributed by atoms with Gasteiger partial charge in [0, 0.05) is 19.5 Å². The lowest BCUT2D eigenvalue weighted by molar-refractivity contribution is 0.336. The Balaban J connectivity index is 2.28. The fraction of sp³-hybridized carbons (Fsp3) is 0.400. The molecule has 0 aliphatic heterocycles. The average Bonchev–Trinajstić information content (AvgIpc) is 2.53. The summed E-state index contributed by atoms with van der Waals surface area (Å²) in [5.41, 5.74) is 1.37. The molecule has 0 bridgehead atoms. The van der Waals surface area contributed by atoms with Crippen molar-refractivity contribution in [3.63, 3.8) is 0 Å². The van der Waals surface area contributed by atoms with Gasteiger partial charge in [0.2, 0.25) is 0 Å². The summed E-state index contributed by atoms with van der Waals surface area (Å²) in [6.07, 6.45) is 6.01. The van der Waals surface area contributed by atoms with Gasteiger partial charge in [0.1, 0.15) is 0 Å². The smallest absolute Gasteiger partial charge is 0.0239 e. The highest BCUT2D eigenvalue weighted by Gasteiger charge is 1.98. The van der Waals surface area contributed by atoms with Gasteiger partial charge in [-0.15, -0.1) is 12.3 Å². The van der Waals surface area contributed by atoms with Crippen LogP contribution >= 0.6 is 11.3 Å². The van der Waals surface area contributed by atoms with Crippen LogP contribution in [0.25, 0.3) is 0 Å². The van der Waals surface area contributed by atoms with E-state index in [1.54, 1.807) is 11.3 Å². The second-order valence-corrected chi connectivity index (χ2v) is 3.60. The van der Waals surface area contributed by atoms with E-state index < -0.39 is 0 Å². The summed E-state index contributed by atoms with van der Waals surface area (Å²) < 4.78 is 0. The molecule has 0 amide bonds. The third-order valence-electron chi connectivity index (χ3n) is 1.67. The second-order valence-electron chi connectivity index (χ2n) is 2.82. The maximum atomic E-state index is 5.18. The zero-order chi connectivity index (χ0) is 8.81. The molecule has 0 unspecified atom stereocenters. The van der Waals surface area contributed by atoms with E-state index in [1.807, 2.05) is 0 Å². The first-order valence-corrected chi connectivity index (χ1v) is 4.90. The summed E-state index contributed by atoms with van der Waals surface area (Å²) in [4.78, 5) is 2.24. The number of nitrogens with zero attached hydrogens (tertiary/aromatic N) is 1. The van der Waals surface area contributed by atoms with Gasteiger partial charge >= 0.3 is 0 Å². The van der Waals surface area contributed by atoms with Crippen LogP contribution in [0.1, 0.15) is 12.0 Å². The van der Waals surface area contributed by atoms with Gasteiger partial charge in [-0.2, -0.15) is 11.3 Å². The van der Waals surface area contributed by atoms with Crippen molar-refractivity contribution in [2.24, 2.45) is 0 Å². The highest BCUT2D eigenvalue weighted by molar-refractivity contribution is 7.07. The minimum Gasteiger partial charge on any atom is -0.301 e. The molecule has 1 aromatic heterocycles. The fourth-order valence-corrected chi connectivity index (χ4v) is 1.69. The number of terminal acetylenes is 1. The molecule has 0 fully saturated rings. The van der Waals surface area contributed by atoms with Crippen molar-refractivity contribution in [1.29, 1.82) is 0 Å². The Labute approximate surface area is 78.0 Å². The van der Waals surface area contributed by atoms with Crippen LogP contribution in [0.4, 0.5) is 0 Å². The van der Waals surface area contributed by atoms with Gasteiger partial charge < -0.3 is 4.90 Å². The molecule has 0 aliphatic carbocycles. The topological polar surface area (TPSA) is 3.24 Å². The van der Waals surface area contributed by atoms with Crippen molar-refractivity contribution in [1.82, 2.24) is 4.90 Å². The van der Waals surface area contributed by atoms with Crippen molar-refractivity contribution in [3.05, 3.63) is 22.4 Å². The van der Waals surface area contributed by atoms with Crippen LogP contribution in [0.15, 0.2) is 16.8 Å². The monoisotopic (exact) mass is 179 g/mol. The van der Waals surface area contributed by atoms with E-state index in [0.29, 0.717) is 0 Å². The molecule has 0 spiro atoms. The highest BCUT2D eigenvalue weighted by Crippen LogP contribution is 2.08. The van der Waals surface area contributed by atoms with Gasteiger partial charge in [-0.25, -0.2) is 0 Å². The van der Waals surface area contributed by atoms with Crippen LogP contribution in [-0.2, 0) is 6.54 Å². The lowest BCUT2D eigenvalue weighted by Crippen LogP contribution is -2.18. The Hall–Kier alpha value is -0.780. The van der Waals surface area contributed by atoms with Crippen molar-refractivity contribution in [3.8, 4) is 12.3 Å². The summed E-state index contributed by atoms with van der Waals surface area (Å²) in [5.74, 6) is 2.64. The minimum absolute atomic E-state index is 0.834. The first kappa shape index (κ1) is 9.31. The first-order valence-electron chi connectivity index (χ1n) is 3.96. The normalized spacial score (nSPS) is 10.1. The molecule has 0 aromatic carbocycles. The summed E-state index contributed by atoms with van der Waals surface area (Å²) in [6.45, 7) is 1.98. The molecule has 0 aliphatic rings. The molecule has 1 nitrogen and oxygen atoms in total. The molecule has 0 N–H and O–H groups in total. The third-order valence-corrected chi connectivity index (χ3v) is 2.40. The van der Waals surface area contributed by atoms with Crippen LogP contribution in [0.5, 0.6) is 0 Å². The predicted molar refractivity (Wildman–Crippen MR) is 54.1 cm³/mol. The van der Waals surface area contributed by atoms with Crippen LogP contribution in [-0.4, -0.2) is 18.5 Å². The second kappa shape index (κ2) is 4.97. The van der Waals surface area contributed by atoms with E-state index in [-0.39, 0.29) is 0 Å². The number of hydrogen-bond acceptors (Lipinski definition) is 2. The Bertz CT molecular complexity index is 245. The van der Waals surface area contributed by atoms with E-state index in [1.165, 1.54) is 5.56 Å². The molecule has 12 heavy (non-hydrogen) atoms. The number of thiophene rings is 1. The van der Waals surface area contributed by atoms with Crippen LogP contribution in [0.3, 0.4) is 0 Å². The van der Waals surface area contributed by atoms with Gasteiger partial charge in [-0.1, -0.05) is 0 Å². The molecule has 1 heterocycles. The van der Waals surface area contributed by atoms with Gasteiger partial charge in [0.25, 0.3) is 0 Å². The molecule has 1 rings (SSSR count). The van der Waals surface area contributed by atoms with Gasteiger partial charge in [-0.3, -0.25) is 0 Å². The largest absolute Gasteiger partial charge is 0.301 e. The zero-order valence-corrected chi connectivity index (χ0v) is 8.10. The molecule has 0 saturated carbocycles. The minimum atomic E-state index is 0.834. The van der Waals surface area contributed by atoms with Crippen molar-refractivity contribution >= 4 is 11.3 Å². The molecule has 2 heteroatoms. The maximum Gasteiger partial charge on any atom is 0.0239 e. The summed E-state index contributed by atoms with van der Waals surface area (Å²) in [7, 11) is 2.09. The Morgan fingerprint density at radius 1 is 1.67 bits per heavy atom. The molecular formula is C10H13NS. The number of rotatable bonds is 4. The molecule has 0 atom stereocenters. The molecule has 64 valence electrons. The van der Waals surface area contributed by atoms with E-state index >= 15 is 0 Å². The average molecular weight is 179 g/mol.